The van der Waals surface area contributed by atoms with Gasteiger partial charge in [0.15, 0.2) is 0 Å². The van der Waals surface area contributed by atoms with Crippen LogP contribution < -0.4 is 0 Å². The molecule has 0 radical (unpaired) electrons. The van der Waals surface area contributed by atoms with Gasteiger partial charge in [0.1, 0.15) is 6.61 Å². The summed E-state index contributed by atoms with van der Waals surface area (Å²) in [6.45, 7) is -2.49. The van der Waals surface area contributed by atoms with Crippen LogP contribution in [0.4, 0.5) is 35.1 Å². The summed E-state index contributed by atoms with van der Waals surface area (Å²) in [5.74, 6) is 0. The highest BCUT2D eigenvalue weighted by atomic mass is 19.4. The fourth-order valence-electron chi connectivity index (χ4n) is 0.404. The fraction of sp³-hybridized carbons (Fsp3) is 1.00. The summed E-state index contributed by atoms with van der Waals surface area (Å²) in [4.78, 5) is 0. The van der Waals surface area contributed by atoms with Gasteiger partial charge in [-0.3, -0.25) is 0 Å². The third-order valence-corrected chi connectivity index (χ3v) is 0.971. The first-order chi connectivity index (χ1) is 6.06. The normalized spacial score (nSPS) is 16.1. The van der Waals surface area contributed by atoms with E-state index in [0.717, 1.165) is 0 Å². The van der Waals surface area contributed by atoms with Gasteiger partial charge < -0.3 is 4.74 Å². The van der Waals surface area contributed by atoms with Gasteiger partial charge in [0.2, 0.25) is 0 Å². The summed E-state index contributed by atoms with van der Waals surface area (Å²) in [6, 6.07) is 0. The van der Waals surface area contributed by atoms with E-state index in [1.54, 1.807) is 0 Å². The average Bonchev–Trinajstić information content (AvgIpc) is 1.98. The molecule has 0 heterocycles. The molecule has 0 rings (SSSR count). The number of halogens is 8. The molecule has 9 heteroatoms. The summed E-state index contributed by atoms with van der Waals surface area (Å²) in [6.07, 6.45) is -18.5. The molecule has 14 heavy (non-hydrogen) atoms. The van der Waals surface area contributed by atoms with Crippen LogP contribution in [0.5, 0.6) is 0 Å². The summed E-state index contributed by atoms with van der Waals surface area (Å²) < 4.78 is 95.1. The van der Waals surface area contributed by atoms with Crippen molar-refractivity contribution in [3.8, 4) is 0 Å². The molecule has 0 saturated heterocycles. The maximum Gasteiger partial charge on any atom is 0.412 e. The van der Waals surface area contributed by atoms with Crippen molar-refractivity contribution in [2.45, 2.75) is 24.9 Å². The van der Waals surface area contributed by atoms with Crippen molar-refractivity contribution in [2.75, 3.05) is 6.61 Å². The van der Waals surface area contributed by atoms with Gasteiger partial charge in [0.05, 0.1) is 0 Å². The minimum absolute atomic E-state index is 2.49. The lowest BCUT2D eigenvalue weighted by molar-refractivity contribution is -0.323. The monoisotopic (exact) mass is 232 g/mol. The molecule has 0 saturated carbocycles. The fourth-order valence-corrected chi connectivity index (χ4v) is 0.404. The number of rotatable bonds is 4. The molecule has 1 atom stereocenters. The summed E-state index contributed by atoms with van der Waals surface area (Å²) in [7, 11) is 0. The molecule has 0 aliphatic heterocycles. The second-order valence-corrected chi connectivity index (χ2v) is 2.20. The first kappa shape index (κ1) is 13.4. The van der Waals surface area contributed by atoms with Gasteiger partial charge in [0.25, 0.3) is 12.6 Å². The Kier molecular flexibility index (Phi) is 4.10. The largest absolute Gasteiger partial charge is 0.412 e. The molecule has 0 aromatic carbocycles. The van der Waals surface area contributed by atoms with E-state index >= 15 is 0 Å². The molecule has 86 valence electrons. The van der Waals surface area contributed by atoms with Crippen LogP contribution in [0.2, 0.25) is 0 Å². The van der Waals surface area contributed by atoms with E-state index in [9.17, 15) is 35.1 Å². The minimum atomic E-state index is -5.15. The van der Waals surface area contributed by atoms with Crippen LogP contribution in [0.15, 0.2) is 0 Å². The minimum Gasteiger partial charge on any atom is -0.308 e. The Morgan fingerprint density at radius 2 is 1.36 bits per heavy atom. The van der Waals surface area contributed by atoms with Crippen LogP contribution in [0.3, 0.4) is 0 Å². The van der Waals surface area contributed by atoms with Crippen molar-refractivity contribution in [1.29, 1.82) is 0 Å². The number of alkyl halides is 8. The molecule has 1 unspecified atom stereocenters. The summed E-state index contributed by atoms with van der Waals surface area (Å²) in [5.41, 5.74) is 0. The zero-order valence-electron chi connectivity index (χ0n) is 6.29. The van der Waals surface area contributed by atoms with E-state index in [1.807, 2.05) is 0 Å². The second-order valence-electron chi connectivity index (χ2n) is 2.20. The van der Waals surface area contributed by atoms with E-state index in [1.165, 1.54) is 0 Å². The Labute approximate surface area is 72.6 Å². The second kappa shape index (κ2) is 4.28. The molecular formula is C5H4F8O. The highest BCUT2D eigenvalue weighted by molar-refractivity contribution is 4.70. The number of hydrogen-bond donors (Lipinski definition) is 0. The lowest BCUT2D eigenvalue weighted by Gasteiger charge is -2.20. The van der Waals surface area contributed by atoms with Gasteiger partial charge in [0, 0.05) is 0 Å². The molecule has 0 bridgehead atoms. The molecule has 0 amide bonds. The molecule has 0 N–H and O–H groups in total. The Hall–Kier alpha value is -0.600. The van der Waals surface area contributed by atoms with Crippen LogP contribution in [0, 0.1) is 0 Å². The van der Waals surface area contributed by atoms with Gasteiger partial charge in [-0.2, -0.15) is 22.0 Å². The van der Waals surface area contributed by atoms with Crippen LogP contribution in [0.1, 0.15) is 0 Å². The Balaban J connectivity index is 4.20. The number of hydrogen-bond acceptors (Lipinski definition) is 1. The maximum absolute atomic E-state index is 12.0. The van der Waals surface area contributed by atoms with Crippen LogP contribution >= 0.6 is 0 Å². The van der Waals surface area contributed by atoms with Crippen LogP contribution in [0.25, 0.3) is 0 Å². The van der Waals surface area contributed by atoms with E-state index in [4.69, 9.17) is 0 Å². The Morgan fingerprint density at radius 3 is 1.64 bits per heavy atom. The molecule has 1 nitrogen and oxygen atoms in total. The lowest BCUT2D eigenvalue weighted by Crippen LogP contribution is -2.40. The van der Waals surface area contributed by atoms with Gasteiger partial charge in [-0.1, -0.05) is 0 Å². The van der Waals surface area contributed by atoms with E-state index in [-0.39, 0.29) is 0 Å². The first-order valence-electron chi connectivity index (χ1n) is 3.07. The molecule has 0 aromatic heterocycles. The average molecular weight is 232 g/mol. The van der Waals surface area contributed by atoms with Crippen LogP contribution in [-0.2, 0) is 4.74 Å². The SMILES string of the molecule is FC(F)C(F)C(F)(F)OCC(F)(F)F. The van der Waals surface area contributed by atoms with Gasteiger partial charge in [-0.05, 0) is 0 Å². The third-order valence-electron chi connectivity index (χ3n) is 0.971. The molecule has 0 fully saturated rings. The van der Waals surface area contributed by atoms with Crippen molar-refractivity contribution in [3.05, 3.63) is 0 Å². The quantitative estimate of drug-likeness (QED) is 0.677. The van der Waals surface area contributed by atoms with E-state index in [2.05, 4.69) is 4.74 Å². The highest BCUT2D eigenvalue weighted by Gasteiger charge is 2.49. The molecule has 0 spiro atoms. The zero-order chi connectivity index (χ0) is 11.6. The summed E-state index contributed by atoms with van der Waals surface area (Å²) >= 11 is 0. The predicted molar refractivity (Wildman–Crippen MR) is 27.9 cm³/mol. The smallest absolute Gasteiger partial charge is 0.308 e. The Bertz CT molecular complexity index is 175. The van der Waals surface area contributed by atoms with Crippen LogP contribution in [-0.4, -0.2) is 31.5 Å². The predicted octanol–water partition coefficient (Wildman–Crippen LogP) is 2.76. The highest BCUT2D eigenvalue weighted by Crippen LogP contribution is 2.29. The Morgan fingerprint density at radius 1 is 0.929 bits per heavy atom. The van der Waals surface area contributed by atoms with Crippen molar-refractivity contribution in [2.24, 2.45) is 0 Å². The first-order valence-corrected chi connectivity index (χ1v) is 3.07. The molecule has 0 aliphatic carbocycles. The molecule has 0 aromatic rings. The number of ether oxygens (including phenoxy) is 1. The van der Waals surface area contributed by atoms with Crippen molar-refractivity contribution in [1.82, 2.24) is 0 Å². The topological polar surface area (TPSA) is 9.23 Å². The molecular weight excluding hydrogens is 228 g/mol. The van der Waals surface area contributed by atoms with Crippen molar-refractivity contribution in [3.63, 3.8) is 0 Å². The maximum atomic E-state index is 12.0. The van der Waals surface area contributed by atoms with Crippen molar-refractivity contribution < 1.29 is 39.9 Å². The van der Waals surface area contributed by atoms with E-state index < -0.39 is 31.5 Å². The van der Waals surface area contributed by atoms with Gasteiger partial charge in [-0.25, -0.2) is 13.2 Å². The summed E-state index contributed by atoms with van der Waals surface area (Å²) in [5, 5.41) is 0. The standard InChI is InChI=1S/C5H4F8O/c6-2(3(7)8)5(12,13)14-1-4(9,10)11/h2-3H,1H2. The zero-order valence-corrected chi connectivity index (χ0v) is 6.29. The molecule has 0 aliphatic rings. The van der Waals surface area contributed by atoms with Gasteiger partial charge >= 0.3 is 12.3 Å². The van der Waals surface area contributed by atoms with E-state index in [0.29, 0.717) is 0 Å². The third kappa shape index (κ3) is 4.58. The van der Waals surface area contributed by atoms with Crippen molar-refractivity contribution >= 4 is 0 Å². The van der Waals surface area contributed by atoms with Gasteiger partial charge in [-0.15, -0.1) is 0 Å². The lowest BCUT2D eigenvalue weighted by atomic mass is 10.4.